The number of aromatic nitrogens is 1. The molecule has 122 valence electrons. The zero-order valence-electron chi connectivity index (χ0n) is 12.3. The van der Waals surface area contributed by atoms with Crippen LogP contribution < -0.4 is 5.32 Å². The third-order valence-corrected chi connectivity index (χ3v) is 4.81. The number of hydrogen-bond donors (Lipinski definition) is 1. The van der Waals surface area contributed by atoms with E-state index in [4.69, 9.17) is 27.9 Å². The lowest BCUT2D eigenvalue weighted by Gasteiger charge is -2.07. The maximum Gasteiger partial charge on any atom is 0.341 e. The number of thiophene rings is 1. The number of ether oxygens (including phenoxy) is 1. The van der Waals surface area contributed by atoms with Crippen molar-refractivity contribution in [2.24, 2.45) is 0 Å². The Kier molecular flexibility index (Phi) is 5.23. The van der Waals surface area contributed by atoms with Crippen molar-refractivity contribution in [3.63, 3.8) is 0 Å². The summed E-state index contributed by atoms with van der Waals surface area (Å²) in [5.41, 5.74) is 0.763. The minimum absolute atomic E-state index is 0.187. The first kappa shape index (κ1) is 17.7. The van der Waals surface area contributed by atoms with Crippen molar-refractivity contribution in [1.29, 1.82) is 0 Å². The van der Waals surface area contributed by atoms with Gasteiger partial charge < -0.3 is 10.1 Å². The second kappa shape index (κ2) is 6.82. The quantitative estimate of drug-likeness (QED) is 0.642. The molecule has 0 aliphatic heterocycles. The van der Waals surface area contributed by atoms with Crippen LogP contribution in [0.2, 0.25) is 10.3 Å². The van der Waals surface area contributed by atoms with E-state index in [0.717, 1.165) is 10.9 Å². The smallest absolute Gasteiger partial charge is 0.341 e. The zero-order valence-corrected chi connectivity index (χ0v) is 14.6. The Bertz CT molecular complexity index is 808. The van der Waals surface area contributed by atoms with Gasteiger partial charge in [-0.3, -0.25) is 4.79 Å². The second-order valence-corrected chi connectivity index (χ2v) is 6.47. The lowest BCUT2D eigenvalue weighted by molar-refractivity contribution is 0.0601. The summed E-state index contributed by atoms with van der Waals surface area (Å²) in [6, 6.07) is 0.887. The highest BCUT2D eigenvalue weighted by atomic mass is 35.5. The van der Waals surface area contributed by atoms with Gasteiger partial charge >= 0.3 is 5.97 Å². The number of rotatable bonds is 3. The fourth-order valence-corrected chi connectivity index (χ4v) is 3.29. The number of halogens is 3. The number of pyridine rings is 1. The van der Waals surface area contributed by atoms with Crippen molar-refractivity contribution in [1.82, 2.24) is 4.98 Å². The molecule has 0 saturated carbocycles. The molecule has 2 aromatic heterocycles. The van der Waals surface area contributed by atoms with Gasteiger partial charge in [-0.15, -0.1) is 11.3 Å². The average Bonchev–Trinajstić information content (AvgIpc) is 2.76. The summed E-state index contributed by atoms with van der Waals surface area (Å²) in [6.45, 7) is 3.54. The van der Waals surface area contributed by atoms with Crippen LogP contribution in [-0.2, 0) is 4.74 Å². The SMILES string of the molecule is COC(=O)c1c(NC(=O)c2cc(F)c(Cl)nc2Cl)sc(C)c1C. The molecule has 0 fully saturated rings. The van der Waals surface area contributed by atoms with E-state index in [1.165, 1.54) is 18.4 Å². The van der Waals surface area contributed by atoms with Crippen LogP contribution in [0.3, 0.4) is 0 Å². The van der Waals surface area contributed by atoms with E-state index in [1.807, 2.05) is 0 Å². The predicted molar refractivity (Wildman–Crippen MR) is 87.3 cm³/mol. The maximum atomic E-state index is 13.5. The Morgan fingerprint density at radius 1 is 1.30 bits per heavy atom. The largest absolute Gasteiger partial charge is 0.465 e. The van der Waals surface area contributed by atoms with Gasteiger partial charge in [0.15, 0.2) is 11.0 Å². The van der Waals surface area contributed by atoms with Gasteiger partial charge in [-0.2, -0.15) is 0 Å². The summed E-state index contributed by atoms with van der Waals surface area (Å²) >= 11 is 12.5. The van der Waals surface area contributed by atoms with Crippen molar-refractivity contribution in [3.05, 3.63) is 43.8 Å². The molecule has 0 radical (unpaired) electrons. The lowest BCUT2D eigenvalue weighted by atomic mass is 10.1. The van der Waals surface area contributed by atoms with Crippen molar-refractivity contribution in [2.75, 3.05) is 12.4 Å². The molecule has 0 bridgehead atoms. The molecule has 23 heavy (non-hydrogen) atoms. The van der Waals surface area contributed by atoms with Gasteiger partial charge in [-0.1, -0.05) is 23.2 Å². The highest BCUT2D eigenvalue weighted by Gasteiger charge is 2.23. The van der Waals surface area contributed by atoms with Crippen LogP contribution in [0, 0.1) is 19.7 Å². The number of nitrogens with zero attached hydrogens (tertiary/aromatic N) is 1. The molecule has 0 aliphatic carbocycles. The minimum Gasteiger partial charge on any atom is -0.465 e. The summed E-state index contributed by atoms with van der Waals surface area (Å²) in [5.74, 6) is -2.15. The first-order valence-electron chi connectivity index (χ1n) is 6.27. The van der Waals surface area contributed by atoms with E-state index in [9.17, 15) is 14.0 Å². The second-order valence-electron chi connectivity index (χ2n) is 4.53. The lowest BCUT2D eigenvalue weighted by Crippen LogP contribution is -2.15. The van der Waals surface area contributed by atoms with E-state index in [1.54, 1.807) is 13.8 Å². The van der Waals surface area contributed by atoms with Crippen LogP contribution in [0.25, 0.3) is 0 Å². The normalized spacial score (nSPS) is 10.5. The zero-order chi connectivity index (χ0) is 17.3. The monoisotopic (exact) mass is 376 g/mol. The Hall–Kier alpha value is -1.70. The Morgan fingerprint density at radius 3 is 2.57 bits per heavy atom. The standard InChI is InChI=1S/C14H11Cl2FN2O3S/c1-5-6(2)23-13(9(5)14(21)22-3)19-12(20)7-4-8(17)11(16)18-10(7)15/h4H,1-3H3,(H,19,20). The first-order valence-corrected chi connectivity index (χ1v) is 7.84. The van der Waals surface area contributed by atoms with Gasteiger partial charge in [0.05, 0.1) is 18.2 Å². The van der Waals surface area contributed by atoms with Crippen LogP contribution in [0.1, 0.15) is 31.2 Å². The van der Waals surface area contributed by atoms with Crippen molar-refractivity contribution in [3.8, 4) is 0 Å². The molecule has 1 N–H and O–H groups in total. The summed E-state index contributed by atoms with van der Waals surface area (Å²) in [6.07, 6.45) is 0. The van der Waals surface area contributed by atoms with Crippen LogP contribution in [0.4, 0.5) is 9.39 Å². The third kappa shape index (κ3) is 3.46. The molecule has 1 amide bonds. The number of hydrogen-bond acceptors (Lipinski definition) is 5. The summed E-state index contributed by atoms with van der Waals surface area (Å²) in [4.78, 5) is 28.5. The van der Waals surface area contributed by atoms with Gasteiger partial charge in [0.25, 0.3) is 5.91 Å². The average molecular weight is 377 g/mol. The molecule has 0 unspecified atom stereocenters. The third-order valence-electron chi connectivity index (χ3n) is 3.13. The van der Waals surface area contributed by atoms with Crippen molar-refractivity contribution >= 4 is 51.4 Å². The van der Waals surface area contributed by atoms with E-state index in [0.29, 0.717) is 10.6 Å². The number of esters is 1. The molecule has 0 aliphatic rings. The number of aryl methyl sites for hydroxylation is 1. The van der Waals surface area contributed by atoms with Gasteiger partial charge in [-0.05, 0) is 25.5 Å². The molecule has 2 heterocycles. The van der Waals surface area contributed by atoms with Crippen LogP contribution >= 0.6 is 34.5 Å². The molecule has 0 atom stereocenters. The number of carbonyl (C=O) groups is 2. The van der Waals surface area contributed by atoms with Crippen molar-refractivity contribution in [2.45, 2.75) is 13.8 Å². The van der Waals surface area contributed by atoms with Gasteiger partial charge in [0, 0.05) is 4.88 Å². The van der Waals surface area contributed by atoms with Gasteiger partial charge in [0.1, 0.15) is 10.2 Å². The van der Waals surface area contributed by atoms with Crippen LogP contribution in [-0.4, -0.2) is 24.0 Å². The number of methoxy groups -OCH3 is 1. The molecular weight excluding hydrogens is 366 g/mol. The van der Waals surface area contributed by atoms with E-state index in [-0.39, 0.29) is 16.3 Å². The molecule has 2 aromatic rings. The first-order chi connectivity index (χ1) is 10.8. The molecule has 0 aromatic carbocycles. The topological polar surface area (TPSA) is 68.3 Å². The minimum atomic E-state index is -0.868. The molecule has 0 spiro atoms. The molecule has 2 rings (SSSR count). The van der Waals surface area contributed by atoms with Gasteiger partial charge in [-0.25, -0.2) is 14.2 Å². The van der Waals surface area contributed by atoms with Gasteiger partial charge in [0.2, 0.25) is 0 Å². The molecule has 0 saturated heterocycles. The highest BCUT2D eigenvalue weighted by Crippen LogP contribution is 2.33. The number of carbonyl (C=O) groups excluding carboxylic acids is 2. The predicted octanol–water partition coefficient (Wildman–Crippen LogP) is 4.24. The molecular formula is C14H11Cl2FN2O3S. The fraction of sp³-hybridized carbons (Fsp3) is 0.214. The van der Waals surface area contributed by atoms with Crippen molar-refractivity contribution < 1.29 is 18.7 Å². The fourth-order valence-electron chi connectivity index (χ4n) is 1.84. The maximum absolute atomic E-state index is 13.5. The summed E-state index contributed by atoms with van der Waals surface area (Å²) in [5, 5.41) is 2.17. The Morgan fingerprint density at radius 2 is 1.96 bits per heavy atom. The number of amides is 1. The summed E-state index contributed by atoms with van der Waals surface area (Å²) in [7, 11) is 1.25. The highest BCUT2D eigenvalue weighted by molar-refractivity contribution is 7.16. The summed E-state index contributed by atoms with van der Waals surface area (Å²) < 4.78 is 18.2. The number of nitrogens with one attached hydrogen (secondary N) is 1. The van der Waals surface area contributed by atoms with E-state index < -0.39 is 22.8 Å². The Balaban J connectivity index is 2.40. The van der Waals surface area contributed by atoms with Crippen LogP contribution in [0.5, 0.6) is 0 Å². The van der Waals surface area contributed by atoms with Crippen LogP contribution in [0.15, 0.2) is 6.07 Å². The number of anilines is 1. The molecule has 5 nitrogen and oxygen atoms in total. The Labute approximate surface area is 145 Å². The molecule has 9 heteroatoms. The van der Waals surface area contributed by atoms with E-state index in [2.05, 4.69) is 10.3 Å². The van der Waals surface area contributed by atoms with E-state index >= 15 is 0 Å².